The maximum atomic E-state index is 9.28. The molecule has 22 heavy (non-hydrogen) atoms. The Morgan fingerprint density at radius 2 is 2.32 bits per heavy atom. The fraction of sp³-hybridized carbons (Fsp3) is 0.471. The summed E-state index contributed by atoms with van der Waals surface area (Å²) in [6.07, 6.45) is 4.35. The van der Waals surface area contributed by atoms with Crippen molar-refractivity contribution in [2.75, 3.05) is 26.2 Å². The van der Waals surface area contributed by atoms with Crippen LogP contribution in [0.3, 0.4) is 0 Å². The van der Waals surface area contributed by atoms with Crippen molar-refractivity contribution in [3.05, 3.63) is 47.6 Å². The summed E-state index contributed by atoms with van der Waals surface area (Å²) < 4.78 is 0. The van der Waals surface area contributed by atoms with Gasteiger partial charge in [-0.15, -0.1) is 0 Å². The molecule has 0 amide bonds. The molecule has 5 nitrogen and oxygen atoms in total. The van der Waals surface area contributed by atoms with Gasteiger partial charge in [-0.05, 0) is 20.3 Å². The Morgan fingerprint density at radius 1 is 1.55 bits per heavy atom. The molecular weight excluding hydrogens is 276 g/mol. The first-order chi connectivity index (χ1) is 10.6. The summed E-state index contributed by atoms with van der Waals surface area (Å²) >= 11 is 0. The molecule has 1 unspecified atom stereocenters. The van der Waals surface area contributed by atoms with Gasteiger partial charge in [-0.3, -0.25) is 4.99 Å². The zero-order valence-corrected chi connectivity index (χ0v) is 13.5. The fourth-order valence-electron chi connectivity index (χ4n) is 2.98. The van der Waals surface area contributed by atoms with Crippen molar-refractivity contribution in [1.82, 2.24) is 15.5 Å². The molecule has 0 saturated carbocycles. The Morgan fingerprint density at radius 3 is 2.95 bits per heavy atom. The largest absolute Gasteiger partial charge is 0.395 e. The van der Waals surface area contributed by atoms with Crippen molar-refractivity contribution >= 4 is 6.21 Å². The molecular formula is C17H26N4O. The Kier molecular flexibility index (Phi) is 5.44. The number of allylic oxidation sites excluding steroid dienone is 2. The highest BCUT2D eigenvalue weighted by molar-refractivity contribution is 5.72. The summed E-state index contributed by atoms with van der Waals surface area (Å²) in [5.41, 5.74) is 4.23. The SMILES string of the molecule is C=C/C=N\C1=C(C(=C)N(CC)CCO)C2=C(NCC2)NC1C. The van der Waals surface area contributed by atoms with E-state index in [1.54, 1.807) is 12.3 Å². The lowest BCUT2D eigenvalue weighted by Gasteiger charge is -2.32. The summed E-state index contributed by atoms with van der Waals surface area (Å²) in [7, 11) is 0. The molecule has 0 spiro atoms. The number of likely N-dealkylation sites (N-methyl/N-ethyl adjacent to an activating group) is 1. The molecule has 0 aliphatic carbocycles. The standard InChI is InChI=1S/C17H26N4O/c1-5-8-18-16-12(3)20-17-14(7-9-19-17)15(16)13(4)21(6-2)10-11-22/h5,8,12,19-20,22H,1,4,6-7,9-11H2,2-3H3/b18-8-. The number of hydrogen-bond donors (Lipinski definition) is 3. The predicted octanol–water partition coefficient (Wildman–Crippen LogP) is 1.52. The molecule has 2 rings (SSSR count). The summed E-state index contributed by atoms with van der Waals surface area (Å²) in [5, 5.41) is 16.1. The van der Waals surface area contributed by atoms with Crippen LogP contribution in [0.25, 0.3) is 0 Å². The van der Waals surface area contributed by atoms with Crippen LogP contribution in [-0.2, 0) is 0 Å². The Bertz CT molecular complexity index is 545. The summed E-state index contributed by atoms with van der Waals surface area (Å²) in [6, 6.07) is 0.0973. The van der Waals surface area contributed by atoms with Gasteiger partial charge in [0.15, 0.2) is 0 Å². The normalized spacial score (nSPS) is 20.8. The highest BCUT2D eigenvalue weighted by Gasteiger charge is 2.31. The third kappa shape index (κ3) is 3.09. The van der Waals surface area contributed by atoms with Crippen molar-refractivity contribution < 1.29 is 5.11 Å². The zero-order chi connectivity index (χ0) is 16.1. The first-order valence-corrected chi connectivity index (χ1v) is 7.82. The second-order valence-electron chi connectivity index (χ2n) is 5.42. The Labute approximate surface area is 132 Å². The van der Waals surface area contributed by atoms with Gasteiger partial charge in [-0.2, -0.15) is 0 Å². The third-order valence-electron chi connectivity index (χ3n) is 4.05. The Balaban J connectivity index is 2.48. The lowest BCUT2D eigenvalue weighted by molar-refractivity contribution is 0.233. The van der Waals surface area contributed by atoms with Crippen molar-refractivity contribution in [1.29, 1.82) is 0 Å². The van der Waals surface area contributed by atoms with Crippen molar-refractivity contribution in [2.24, 2.45) is 4.99 Å². The molecule has 0 aromatic heterocycles. The van der Waals surface area contributed by atoms with Gasteiger partial charge >= 0.3 is 0 Å². The van der Waals surface area contributed by atoms with Crippen LogP contribution in [0.1, 0.15) is 20.3 Å². The van der Waals surface area contributed by atoms with E-state index in [-0.39, 0.29) is 12.6 Å². The lowest BCUT2D eigenvalue weighted by atomic mass is 9.93. The molecule has 0 fully saturated rings. The number of dihydropyridines is 1. The van der Waals surface area contributed by atoms with E-state index in [0.717, 1.165) is 42.3 Å². The van der Waals surface area contributed by atoms with Gasteiger partial charge in [0.2, 0.25) is 0 Å². The zero-order valence-electron chi connectivity index (χ0n) is 13.5. The third-order valence-corrected chi connectivity index (χ3v) is 4.05. The smallest absolute Gasteiger partial charge is 0.103 e. The minimum absolute atomic E-state index is 0.0973. The molecule has 0 aromatic rings. The monoisotopic (exact) mass is 302 g/mol. The molecule has 2 heterocycles. The van der Waals surface area contributed by atoms with Gasteiger partial charge in [0.05, 0.1) is 18.3 Å². The number of rotatable bonds is 7. The topological polar surface area (TPSA) is 59.9 Å². The first kappa shape index (κ1) is 16.4. The molecule has 0 aromatic carbocycles. The molecule has 1 atom stereocenters. The van der Waals surface area contributed by atoms with E-state index >= 15 is 0 Å². The number of nitrogens with zero attached hydrogens (tertiary/aromatic N) is 2. The van der Waals surface area contributed by atoms with E-state index in [1.807, 2.05) is 0 Å². The highest BCUT2D eigenvalue weighted by atomic mass is 16.3. The summed E-state index contributed by atoms with van der Waals surface area (Å²) in [4.78, 5) is 6.68. The molecule has 5 heteroatoms. The van der Waals surface area contributed by atoms with Crippen molar-refractivity contribution in [3.63, 3.8) is 0 Å². The second-order valence-corrected chi connectivity index (χ2v) is 5.42. The second kappa shape index (κ2) is 7.31. The van der Waals surface area contributed by atoms with Crippen LogP contribution in [0.5, 0.6) is 0 Å². The molecule has 0 bridgehead atoms. The maximum absolute atomic E-state index is 9.28. The van der Waals surface area contributed by atoms with E-state index in [1.165, 1.54) is 5.57 Å². The van der Waals surface area contributed by atoms with Crippen LogP contribution in [0.15, 0.2) is 52.6 Å². The number of hydrogen-bond acceptors (Lipinski definition) is 5. The predicted molar refractivity (Wildman–Crippen MR) is 91.4 cm³/mol. The lowest BCUT2D eigenvalue weighted by Crippen LogP contribution is -2.38. The van der Waals surface area contributed by atoms with Crippen LogP contribution in [-0.4, -0.2) is 48.5 Å². The van der Waals surface area contributed by atoms with Gasteiger partial charge in [0.25, 0.3) is 0 Å². The average Bonchev–Trinajstić information content (AvgIpc) is 2.97. The number of aliphatic hydroxyl groups is 1. The van der Waals surface area contributed by atoms with Gasteiger partial charge < -0.3 is 20.6 Å². The quantitative estimate of drug-likeness (QED) is 0.624. The molecule has 120 valence electrons. The fourth-order valence-corrected chi connectivity index (χ4v) is 2.98. The number of nitrogens with one attached hydrogen (secondary N) is 2. The van der Waals surface area contributed by atoms with Gasteiger partial charge in [0.1, 0.15) is 5.82 Å². The van der Waals surface area contributed by atoms with Crippen molar-refractivity contribution in [2.45, 2.75) is 26.3 Å². The molecule has 2 aliphatic rings. The van der Waals surface area contributed by atoms with E-state index in [9.17, 15) is 5.11 Å². The van der Waals surface area contributed by atoms with Crippen LogP contribution in [0.4, 0.5) is 0 Å². The van der Waals surface area contributed by atoms with Crippen LogP contribution in [0.2, 0.25) is 0 Å². The van der Waals surface area contributed by atoms with Gasteiger partial charge in [-0.1, -0.05) is 19.2 Å². The molecule has 3 N–H and O–H groups in total. The van der Waals surface area contributed by atoms with E-state index in [0.29, 0.717) is 6.54 Å². The van der Waals surface area contributed by atoms with Gasteiger partial charge in [0, 0.05) is 42.7 Å². The summed E-state index contributed by atoms with van der Waals surface area (Å²) in [5.74, 6) is 1.08. The van der Waals surface area contributed by atoms with E-state index < -0.39 is 0 Å². The van der Waals surface area contributed by atoms with E-state index in [4.69, 9.17) is 0 Å². The van der Waals surface area contributed by atoms with Gasteiger partial charge in [-0.25, -0.2) is 0 Å². The van der Waals surface area contributed by atoms with Crippen molar-refractivity contribution in [3.8, 4) is 0 Å². The molecule has 0 radical (unpaired) electrons. The molecule has 0 saturated heterocycles. The minimum Gasteiger partial charge on any atom is -0.395 e. The maximum Gasteiger partial charge on any atom is 0.103 e. The van der Waals surface area contributed by atoms with E-state index in [2.05, 4.69) is 47.5 Å². The van der Waals surface area contributed by atoms with Crippen LogP contribution < -0.4 is 10.6 Å². The summed E-state index contributed by atoms with van der Waals surface area (Å²) in [6.45, 7) is 14.6. The number of aliphatic imine (C=N–C) groups is 1. The van der Waals surface area contributed by atoms with Crippen LogP contribution in [0, 0.1) is 0 Å². The first-order valence-electron chi connectivity index (χ1n) is 7.82. The average molecular weight is 302 g/mol. The highest BCUT2D eigenvalue weighted by Crippen LogP contribution is 2.35. The molecule has 2 aliphatic heterocycles. The van der Waals surface area contributed by atoms with Crippen LogP contribution >= 0.6 is 0 Å². The number of aliphatic hydroxyl groups excluding tert-OH is 1. The Hall–Kier alpha value is -2.01. The minimum atomic E-state index is 0.0973.